The lowest BCUT2D eigenvalue weighted by Crippen LogP contribution is -2.08. The van der Waals surface area contributed by atoms with Crippen LogP contribution in [0.15, 0.2) is 17.5 Å². The van der Waals surface area contributed by atoms with E-state index < -0.39 is 0 Å². The van der Waals surface area contributed by atoms with E-state index in [1.807, 2.05) is 17.5 Å². The zero-order valence-corrected chi connectivity index (χ0v) is 10.2. The quantitative estimate of drug-likeness (QED) is 0.598. The van der Waals surface area contributed by atoms with Gasteiger partial charge in [-0.05, 0) is 23.3 Å². The van der Waals surface area contributed by atoms with Crippen LogP contribution in [-0.4, -0.2) is 28.2 Å². The molecule has 0 amide bonds. The molecule has 0 aliphatic carbocycles. The minimum absolute atomic E-state index is 0.246. The van der Waals surface area contributed by atoms with Crippen LogP contribution in [0.4, 0.5) is 5.00 Å². The third-order valence-corrected chi connectivity index (χ3v) is 3.55. The van der Waals surface area contributed by atoms with E-state index in [9.17, 15) is 0 Å². The number of hydrogen-bond donors (Lipinski definition) is 2. The number of anilines is 1. The van der Waals surface area contributed by atoms with Crippen LogP contribution in [0, 0.1) is 0 Å². The van der Waals surface area contributed by atoms with Gasteiger partial charge in [0.25, 0.3) is 0 Å². The average Bonchev–Trinajstić information content (AvgIpc) is 2.65. The van der Waals surface area contributed by atoms with Gasteiger partial charge in [-0.2, -0.15) is 11.8 Å². The molecule has 0 spiro atoms. The van der Waals surface area contributed by atoms with Gasteiger partial charge in [0.15, 0.2) is 0 Å². The highest BCUT2D eigenvalue weighted by Crippen LogP contribution is 2.15. The molecule has 1 rings (SSSR count). The number of hydrogen-bond acceptors (Lipinski definition) is 4. The molecule has 2 nitrogen and oxygen atoms in total. The van der Waals surface area contributed by atoms with Crippen molar-refractivity contribution in [1.82, 2.24) is 0 Å². The summed E-state index contributed by atoms with van der Waals surface area (Å²) in [6, 6.07) is 4.01. The van der Waals surface area contributed by atoms with Gasteiger partial charge in [0.2, 0.25) is 0 Å². The third kappa shape index (κ3) is 4.95. The Kier molecular flexibility index (Phi) is 6.18. The molecule has 0 saturated heterocycles. The van der Waals surface area contributed by atoms with Crippen LogP contribution in [0.25, 0.3) is 0 Å². The molecule has 0 bridgehead atoms. The Bertz CT molecular complexity index is 261. The largest absolute Gasteiger partial charge is 0.396 e. The maximum Gasteiger partial charge on any atom is 0.0930 e. The van der Waals surface area contributed by atoms with Gasteiger partial charge in [0, 0.05) is 12.2 Å². The monoisotopic (exact) mass is 247 g/mol. The van der Waals surface area contributed by atoms with Crippen molar-refractivity contribution in [3.05, 3.63) is 17.5 Å². The van der Waals surface area contributed by atoms with E-state index >= 15 is 0 Å². The normalized spacial score (nSPS) is 10.1. The first-order valence-electron chi connectivity index (χ1n) is 4.35. The Morgan fingerprint density at radius 2 is 2.43 bits per heavy atom. The molecule has 5 heteroatoms. The summed E-state index contributed by atoms with van der Waals surface area (Å²) in [7, 11) is 0. The number of thiophene rings is 1. The van der Waals surface area contributed by atoms with Crippen molar-refractivity contribution in [2.45, 2.75) is 6.42 Å². The minimum atomic E-state index is 0.246. The molecule has 0 aliphatic rings. The molecule has 14 heavy (non-hydrogen) atoms. The highest BCUT2D eigenvalue weighted by atomic mass is 32.2. The molecule has 2 N–H and O–H groups in total. The van der Waals surface area contributed by atoms with Gasteiger partial charge < -0.3 is 10.4 Å². The van der Waals surface area contributed by atoms with E-state index in [1.165, 1.54) is 0 Å². The Labute approximate surface area is 97.7 Å². The first-order chi connectivity index (χ1) is 6.83. The van der Waals surface area contributed by atoms with Crippen LogP contribution in [0.1, 0.15) is 6.42 Å². The fourth-order valence-electron chi connectivity index (χ4n) is 0.881. The van der Waals surface area contributed by atoms with E-state index in [0.717, 1.165) is 27.9 Å². The minimum Gasteiger partial charge on any atom is -0.396 e. The first kappa shape index (κ1) is 12.0. The lowest BCUT2D eigenvalue weighted by molar-refractivity contribution is 0.322. The van der Waals surface area contributed by atoms with Crippen LogP contribution in [-0.2, 0) is 0 Å². The highest BCUT2D eigenvalue weighted by Gasteiger charge is 1.98. The Balaban J connectivity index is 2.11. The predicted octanol–water partition coefficient (Wildman–Crippen LogP) is 2.60. The van der Waals surface area contributed by atoms with Crippen molar-refractivity contribution in [3.8, 4) is 0 Å². The van der Waals surface area contributed by atoms with Gasteiger partial charge in [-0.15, -0.1) is 11.3 Å². The number of aliphatic hydroxyl groups excluding tert-OH is 1. The molecular formula is C9H13NOS3. The summed E-state index contributed by atoms with van der Waals surface area (Å²) in [5, 5.41) is 14.9. The van der Waals surface area contributed by atoms with Crippen molar-refractivity contribution >= 4 is 45.3 Å². The molecule has 1 aromatic rings. The average molecular weight is 247 g/mol. The van der Waals surface area contributed by atoms with Crippen LogP contribution >= 0.6 is 35.3 Å². The summed E-state index contributed by atoms with van der Waals surface area (Å²) in [6.45, 7) is 0.246. The second kappa shape index (κ2) is 7.23. The van der Waals surface area contributed by atoms with E-state index in [2.05, 4.69) is 5.32 Å². The summed E-state index contributed by atoms with van der Waals surface area (Å²) in [4.78, 5) is 0.873. The SMILES string of the molecule is OCCSCCC(=S)Nc1cccs1. The highest BCUT2D eigenvalue weighted by molar-refractivity contribution is 7.99. The molecule has 78 valence electrons. The fraction of sp³-hybridized carbons (Fsp3) is 0.444. The summed E-state index contributed by atoms with van der Waals surface area (Å²) >= 11 is 8.54. The van der Waals surface area contributed by atoms with Gasteiger partial charge in [-0.3, -0.25) is 0 Å². The molecule has 0 aromatic carbocycles. The number of aliphatic hydroxyl groups is 1. The number of nitrogens with one attached hydrogen (secondary N) is 1. The van der Waals surface area contributed by atoms with E-state index in [1.54, 1.807) is 23.1 Å². The number of rotatable bonds is 6. The Morgan fingerprint density at radius 3 is 3.07 bits per heavy atom. The Hall–Kier alpha value is -0.100. The van der Waals surface area contributed by atoms with Crippen molar-refractivity contribution in [1.29, 1.82) is 0 Å². The van der Waals surface area contributed by atoms with Gasteiger partial charge in [0.05, 0.1) is 16.6 Å². The van der Waals surface area contributed by atoms with E-state index in [0.29, 0.717) is 0 Å². The van der Waals surface area contributed by atoms with Crippen molar-refractivity contribution in [2.75, 3.05) is 23.4 Å². The van der Waals surface area contributed by atoms with Crippen LogP contribution < -0.4 is 5.32 Å². The van der Waals surface area contributed by atoms with Crippen LogP contribution in [0.5, 0.6) is 0 Å². The molecule has 0 atom stereocenters. The molecular weight excluding hydrogens is 234 g/mol. The smallest absolute Gasteiger partial charge is 0.0930 e. The fourth-order valence-corrected chi connectivity index (χ4v) is 2.61. The molecule has 1 heterocycles. The number of thiocarbonyl (C=S) groups is 1. The zero-order chi connectivity index (χ0) is 10.2. The molecule has 0 radical (unpaired) electrons. The zero-order valence-electron chi connectivity index (χ0n) is 7.73. The van der Waals surface area contributed by atoms with Crippen LogP contribution in [0.2, 0.25) is 0 Å². The molecule has 0 fully saturated rings. The molecule has 0 saturated carbocycles. The van der Waals surface area contributed by atoms with Crippen LogP contribution in [0.3, 0.4) is 0 Å². The third-order valence-electron chi connectivity index (χ3n) is 1.49. The number of thioether (sulfide) groups is 1. The second-order valence-electron chi connectivity index (χ2n) is 2.61. The Morgan fingerprint density at radius 1 is 1.57 bits per heavy atom. The maximum absolute atomic E-state index is 8.57. The second-order valence-corrected chi connectivity index (χ2v) is 5.28. The standard InChI is InChI=1S/C9H13NOS3/c11-4-7-13-6-3-8(12)10-9-2-1-5-14-9/h1-2,5,11H,3-4,6-7H2,(H,10,12). The van der Waals surface area contributed by atoms with Crippen molar-refractivity contribution in [2.24, 2.45) is 0 Å². The first-order valence-corrected chi connectivity index (χ1v) is 6.79. The van der Waals surface area contributed by atoms with Gasteiger partial charge >= 0.3 is 0 Å². The van der Waals surface area contributed by atoms with Crippen molar-refractivity contribution in [3.63, 3.8) is 0 Å². The van der Waals surface area contributed by atoms with Gasteiger partial charge in [-0.1, -0.05) is 12.2 Å². The maximum atomic E-state index is 8.57. The molecule has 1 aromatic heterocycles. The van der Waals surface area contributed by atoms with E-state index in [4.69, 9.17) is 17.3 Å². The summed E-state index contributed by atoms with van der Waals surface area (Å²) in [6.07, 6.45) is 0.873. The summed E-state index contributed by atoms with van der Waals surface area (Å²) < 4.78 is 0. The molecule has 0 unspecified atom stereocenters. The summed E-state index contributed by atoms with van der Waals surface area (Å²) in [5.41, 5.74) is 0. The van der Waals surface area contributed by atoms with Crippen molar-refractivity contribution < 1.29 is 5.11 Å². The lowest BCUT2D eigenvalue weighted by atomic mass is 10.5. The van der Waals surface area contributed by atoms with Gasteiger partial charge in [0.1, 0.15) is 0 Å². The summed E-state index contributed by atoms with van der Waals surface area (Å²) in [5.74, 6) is 1.76. The van der Waals surface area contributed by atoms with Gasteiger partial charge in [-0.25, -0.2) is 0 Å². The molecule has 0 aliphatic heterocycles. The topological polar surface area (TPSA) is 32.3 Å². The van der Waals surface area contributed by atoms with E-state index in [-0.39, 0.29) is 6.61 Å². The lowest BCUT2D eigenvalue weighted by Gasteiger charge is -2.04. The predicted molar refractivity (Wildman–Crippen MR) is 69.6 cm³/mol.